The zero-order valence-electron chi connectivity index (χ0n) is 17.4. The van der Waals surface area contributed by atoms with Gasteiger partial charge in [-0.15, -0.1) is 0 Å². The van der Waals surface area contributed by atoms with Crippen LogP contribution in [-0.2, 0) is 0 Å². The molecule has 4 aromatic rings. The van der Waals surface area contributed by atoms with E-state index in [9.17, 15) is 4.79 Å². The average Bonchev–Trinajstić information content (AvgIpc) is 3.28. The molecule has 0 N–H and O–H groups in total. The third kappa shape index (κ3) is 3.74. The summed E-state index contributed by atoms with van der Waals surface area (Å²) < 4.78 is 6.98. The van der Waals surface area contributed by atoms with Crippen LogP contribution in [0.1, 0.15) is 29.8 Å². The number of hydrogen-bond acceptors (Lipinski definition) is 5. The molecule has 0 radical (unpaired) electrons. The number of fused-ring (bicyclic) bond motifs is 1. The Morgan fingerprint density at radius 3 is 2.48 bits per heavy atom. The van der Waals surface area contributed by atoms with Crippen molar-refractivity contribution in [3.63, 3.8) is 0 Å². The van der Waals surface area contributed by atoms with Gasteiger partial charge in [-0.25, -0.2) is 9.50 Å². The van der Waals surface area contributed by atoms with E-state index in [0.29, 0.717) is 11.3 Å². The van der Waals surface area contributed by atoms with Crippen molar-refractivity contribution in [2.45, 2.75) is 19.3 Å². The molecule has 5 rings (SSSR count). The largest absolute Gasteiger partial charge is 0.497 e. The summed E-state index contributed by atoms with van der Waals surface area (Å²) in [6.45, 7) is 1.56. The third-order valence-corrected chi connectivity index (χ3v) is 5.60. The number of hydrogen-bond donors (Lipinski definition) is 0. The molecule has 0 spiro atoms. The van der Waals surface area contributed by atoms with Gasteiger partial charge in [0.2, 0.25) is 0 Å². The molecule has 31 heavy (non-hydrogen) atoms. The van der Waals surface area contributed by atoms with Crippen molar-refractivity contribution in [1.29, 1.82) is 0 Å². The van der Waals surface area contributed by atoms with Crippen molar-refractivity contribution >= 4 is 11.6 Å². The van der Waals surface area contributed by atoms with E-state index >= 15 is 0 Å². The third-order valence-electron chi connectivity index (χ3n) is 5.60. The van der Waals surface area contributed by atoms with Crippen LogP contribution < -0.4 is 4.74 Å². The van der Waals surface area contributed by atoms with Crippen LogP contribution in [0.5, 0.6) is 5.75 Å². The summed E-state index contributed by atoms with van der Waals surface area (Å²) in [6, 6.07) is 17.2. The normalized spacial score (nSPS) is 14.0. The van der Waals surface area contributed by atoms with E-state index < -0.39 is 0 Å². The van der Waals surface area contributed by atoms with Crippen molar-refractivity contribution < 1.29 is 9.53 Å². The van der Waals surface area contributed by atoms with Crippen molar-refractivity contribution in [3.05, 3.63) is 66.5 Å². The van der Waals surface area contributed by atoms with E-state index in [4.69, 9.17) is 9.72 Å². The first-order valence-corrected chi connectivity index (χ1v) is 10.5. The van der Waals surface area contributed by atoms with Gasteiger partial charge in [0.05, 0.1) is 24.2 Å². The Morgan fingerprint density at radius 2 is 1.77 bits per heavy atom. The van der Waals surface area contributed by atoms with E-state index in [1.807, 2.05) is 53.4 Å². The maximum absolute atomic E-state index is 13.0. The van der Waals surface area contributed by atoms with E-state index in [1.165, 1.54) is 6.42 Å². The zero-order valence-corrected chi connectivity index (χ0v) is 17.4. The van der Waals surface area contributed by atoms with Crippen molar-refractivity contribution in [1.82, 2.24) is 24.5 Å². The highest BCUT2D eigenvalue weighted by Gasteiger charge is 2.22. The molecule has 1 amide bonds. The summed E-state index contributed by atoms with van der Waals surface area (Å²) in [6.07, 6.45) is 5.00. The predicted molar refractivity (Wildman–Crippen MR) is 118 cm³/mol. The number of piperidine rings is 1. The number of benzene rings is 1. The second kappa shape index (κ2) is 8.18. The Hall–Kier alpha value is -3.74. The van der Waals surface area contributed by atoms with Gasteiger partial charge in [0.25, 0.3) is 5.91 Å². The van der Waals surface area contributed by atoms with Crippen molar-refractivity contribution in [2.75, 3.05) is 20.2 Å². The molecular weight excluding hydrogens is 390 g/mol. The van der Waals surface area contributed by atoms with E-state index in [-0.39, 0.29) is 5.91 Å². The monoisotopic (exact) mass is 413 g/mol. The van der Waals surface area contributed by atoms with Crippen LogP contribution in [0.2, 0.25) is 0 Å². The number of methoxy groups -OCH3 is 1. The molecule has 3 aromatic heterocycles. The molecule has 0 atom stereocenters. The summed E-state index contributed by atoms with van der Waals surface area (Å²) >= 11 is 0. The van der Waals surface area contributed by atoms with Gasteiger partial charge in [0.15, 0.2) is 11.3 Å². The van der Waals surface area contributed by atoms with Gasteiger partial charge in [-0.1, -0.05) is 6.07 Å². The number of carbonyl (C=O) groups is 1. The minimum atomic E-state index is -0.0387. The fraction of sp³-hybridized carbons (Fsp3) is 0.250. The Kier molecular flexibility index (Phi) is 5.08. The Bertz CT molecular complexity index is 1210. The molecule has 156 valence electrons. The van der Waals surface area contributed by atoms with E-state index in [1.54, 1.807) is 23.9 Å². The molecule has 1 aliphatic rings. The Morgan fingerprint density at radius 1 is 0.968 bits per heavy atom. The number of ether oxygens (including phenoxy) is 1. The molecule has 4 heterocycles. The molecule has 7 heteroatoms. The van der Waals surface area contributed by atoms with Crippen LogP contribution in [-0.4, -0.2) is 50.6 Å². The van der Waals surface area contributed by atoms with Crippen molar-refractivity contribution in [2.24, 2.45) is 0 Å². The maximum atomic E-state index is 13.0. The van der Waals surface area contributed by atoms with Crippen LogP contribution >= 0.6 is 0 Å². The molecule has 0 bridgehead atoms. The van der Waals surface area contributed by atoms with Gasteiger partial charge < -0.3 is 9.64 Å². The lowest BCUT2D eigenvalue weighted by molar-refractivity contribution is 0.0718. The standard InChI is InChI=1S/C24H23N5O2/c1-31-18-10-8-17(9-11-18)20-15-22(19-7-3-4-12-25-19)29-23(26-20)16-21(27-29)24(30)28-13-5-2-6-14-28/h3-4,7-12,15-16H,2,5-6,13-14H2,1H3. The van der Waals surface area contributed by atoms with Gasteiger partial charge in [0, 0.05) is 30.9 Å². The summed E-state index contributed by atoms with van der Waals surface area (Å²) in [7, 11) is 1.64. The first kappa shape index (κ1) is 19.2. The minimum absolute atomic E-state index is 0.0387. The lowest BCUT2D eigenvalue weighted by Gasteiger charge is -2.25. The average molecular weight is 413 g/mol. The Balaban J connectivity index is 1.63. The van der Waals surface area contributed by atoms with Crippen LogP contribution in [0.4, 0.5) is 0 Å². The molecule has 1 fully saturated rings. The summed E-state index contributed by atoms with van der Waals surface area (Å²) in [5.74, 6) is 0.747. The first-order chi connectivity index (χ1) is 15.2. The fourth-order valence-corrected chi connectivity index (χ4v) is 3.94. The molecule has 1 aliphatic heterocycles. The molecule has 1 saturated heterocycles. The lowest BCUT2D eigenvalue weighted by Crippen LogP contribution is -2.35. The maximum Gasteiger partial charge on any atom is 0.274 e. The number of aromatic nitrogens is 4. The molecule has 1 aromatic carbocycles. The van der Waals surface area contributed by atoms with Crippen LogP contribution in [0.25, 0.3) is 28.3 Å². The minimum Gasteiger partial charge on any atom is -0.497 e. The molecule has 0 unspecified atom stereocenters. The predicted octanol–water partition coefficient (Wildman–Crippen LogP) is 4.09. The number of rotatable bonds is 4. The number of likely N-dealkylation sites (tertiary alicyclic amines) is 1. The summed E-state index contributed by atoms with van der Waals surface area (Å²) in [4.78, 5) is 24.2. The smallest absolute Gasteiger partial charge is 0.274 e. The van der Waals surface area contributed by atoms with Crippen LogP contribution in [0, 0.1) is 0 Å². The van der Waals surface area contributed by atoms with Gasteiger partial charge in [0.1, 0.15) is 5.75 Å². The number of carbonyl (C=O) groups excluding carboxylic acids is 1. The highest BCUT2D eigenvalue weighted by atomic mass is 16.5. The highest BCUT2D eigenvalue weighted by molar-refractivity contribution is 5.93. The fourth-order valence-electron chi connectivity index (χ4n) is 3.94. The van der Waals surface area contributed by atoms with Crippen LogP contribution in [0.3, 0.4) is 0 Å². The number of pyridine rings is 1. The molecule has 0 aliphatic carbocycles. The number of nitrogens with zero attached hydrogens (tertiary/aromatic N) is 5. The van der Waals surface area contributed by atoms with Gasteiger partial charge >= 0.3 is 0 Å². The summed E-state index contributed by atoms with van der Waals surface area (Å²) in [5.41, 5.74) is 4.32. The SMILES string of the molecule is COc1ccc(-c2cc(-c3ccccn3)n3nc(C(=O)N4CCCCC4)cc3n2)cc1. The van der Waals surface area contributed by atoms with E-state index in [2.05, 4.69) is 10.1 Å². The first-order valence-electron chi connectivity index (χ1n) is 10.5. The van der Waals surface area contributed by atoms with Crippen molar-refractivity contribution in [3.8, 4) is 28.4 Å². The quantitative estimate of drug-likeness (QED) is 0.504. The van der Waals surface area contributed by atoms with Gasteiger partial charge in [-0.3, -0.25) is 9.78 Å². The lowest BCUT2D eigenvalue weighted by atomic mass is 10.1. The highest BCUT2D eigenvalue weighted by Crippen LogP contribution is 2.27. The summed E-state index contributed by atoms with van der Waals surface area (Å²) in [5, 5.41) is 4.63. The molecular formula is C24H23N5O2. The van der Waals surface area contributed by atoms with Crippen LogP contribution in [0.15, 0.2) is 60.8 Å². The second-order valence-electron chi connectivity index (χ2n) is 7.62. The van der Waals surface area contributed by atoms with E-state index in [0.717, 1.165) is 54.3 Å². The zero-order chi connectivity index (χ0) is 21.2. The second-order valence-corrected chi connectivity index (χ2v) is 7.62. The van der Waals surface area contributed by atoms with Gasteiger partial charge in [-0.2, -0.15) is 5.10 Å². The van der Waals surface area contributed by atoms with Gasteiger partial charge in [-0.05, 0) is 61.7 Å². The topological polar surface area (TPSA) is 72.6 Å². The Labute approximate surface area is 180 Å². The molecule has 7 nitrogen and oxygen atoms in total. The number of amides is 1. The molecule has 0 saturated carbocycles.